The summed E-state index contributed by atoms with van der Waals surface area (Å²) in [5.74, 6) is 0. The van der Waals surface area contributed by atoms with Crippen molar-refractivity contribution in [1.82, 2.24) is 4.57 Å². The monoisotopic (exact) mass is 228 g/mol. The maximum atomic E-state index is 10.4. The minimum atomic E-state index is 0.261. The van der Waals surface area contributed by atoms with Crippen LogP contribution in [0.3, 0.4) is 0 Å². The maximum Gasteiger partial charge on any atom is 0.211 e. The summed E-state index contributed by atoms with van der Waals surface area (Å²) in [6.07, 6.45) is 1.92. The Bertz CT molecular complexity index is 596. The number of benzene rings is 1. The van der Waals surface area contributed by atoms with E-state index < -0.39 is 0 Å². The number of aryl methyl sites for hydroxylation is 1. The molecule has 1 aliphatic rings. The van der Waals surface area contributed by atoms with Gasteiger partial charge in [-0.15, -0.1) is 0 Å². The molecule has 2 heterocycles. The second kappa shape index (κ2) is 3.36. The lowest BCUT2D eigenvalue weighted by Crippen LogP contribution is -2.11. The van der Waals surface area contributed by atoms with Gasteiger partial charge in [0.25, 0.3) is 0 Å². The molecule has 0 spiro atoms. The second-order valence-electron chi connectivity index (χ2n) is 5.35. The Morgan fingerprint density at radius 1 is 1.35 bits per heavy atom. The van der Waals surface area contributed by atoms with E-state index in [0.717, 1.165) is 18.6 Å². The molecule has 0 fully saturated rings. The number of hydrogen-bond acceptors (Lipinski definition) is 1. The molecular formula is C14H16N2O. The first-order valence-corrected chi connectivity index (χ1v) is 5.96. The number of nitrogens with zero attached hydrogens (tertiary/aromatic N) is 1. The molecule has 1 aromatic carbocycles. The highest BCUT2D eigenvalue weighted by Crippen LogP contribution is 2.38. The van der Waals surface area contributed by atoms with Crippen LogP contribution in [0, 0.1) is 0 Å². The van der Waals surface area contributed by atoms with E-state index in [0.29, 0.717) is 0 Å². The Labute approximate surface area is 100 Å². The van der Waals surface area contributed by atoms with E-state index in [4.69, 9.17) is 0 Å². The van der Waals surface area contributed by atoms with Crippen molar-refractivity contribution in [3.05, 3.63) is 30.0 Å². The van der Waals surface area contributed by atoms with Crippen LogP contribution in [-0.2, 0) is 16.8 Å². The van der Waals surface area contributed by atoms with Gasteiger partial charge in [-0.05, 0) is 30.7 Å². The molecule has 0 aliphatic carbocycles. The van der Waals surface area contributed by atoms with Crippen LogP contribution >= 0.6 is 0 Å². The zero-order chi connectivity index (χ0) is 12.0. The Morgan fingerprint density at radius 3 is 2.94 bits per heavy atom. The largest absolute Gasteiger partial charge is 0.344 e. The summed E-state index contributed by atoms with van der Waals surface area (Å²) in [4.78, 5) is 10.4. The zero-order valence-corrected chi connectivity index (χ0v) is 10.2. The van der Waals surface area contributed by atoms with Gasteiger partial charge in [0.05, 0.1) is 0 Å². The lowest BCUT2D eigenvalue weighted by Gasteiger charge is -2.15. The fourth-order valence-corrected chi connectivity index (χ4v) is 2.75. The van der Waals surface area contributed by atoms with Crippen LogP contribution in [-0.4, -0.2) is 11.0 Å². The predicted octanol–water partition coefficient (Wildman–Crippen LogP) is 2.89. The van der Waals surface area contributed by atoms with Crippen molar-refractivity contribution in [2.45, 2.75) is 32.2 Å². The summed E-state index contributed by atoms with van der Waals surface area (Å²) in [6, 6.07) is 8.32. The Balaban J connectivity index is 2.19. The van der Waals surface area contributed by atoms with Gasteiger partial charge in [0, 0.05) is 34.2 Å². The van der Waals surface area contributed by atoms with Gasteiger partial charge in [-0.25, -0.2) is 0 Å². The number of anilines is 1. The summed E-state index contributed by atoms with van der Waals surface area (Å²) in [7, 11) is 0. The molecule has 3 nitrogen and oxygen atoms in total. The van der Waals surface area contributed by atoms with E-state index >= 15 is 0 Å². The zero-order valence-electron chi connectivity index (χ0n) is 10.2. The summed E-state index contributed by atoms with van der Waals surface area (Å²) in [6.45, 7) is 5.66. The van der Waals surface area contributed by atoms with Crippen molar-refractivity contribution in [2.24, 2.45) is 0 Å². The van der Waals surface area contributed by atoms with E-state index in [1.807, 2.05) is 12.1 Å². The van der Waals surface area contributed by atoms with Gasteiger partial charge < -0.3 is 9.88 Å². The van der Waals surface area contributed by atoms with Gasteiger partial charge in [-0.1, -0.05) is 13.8 Å². The third-order valence-corrected chi connectivity index (χ3v) is 3.78. The number of amides is 1. The maximum absolute atomic E-state index is 10.4. The third kappa shape index (κ3) is 1.46. The highest BCUT2D eigenvalue weighted by molar-refractivity contribution is 5.87. The molecule has 0 radical (unpaired) electrons. The van der Waals surface area contributed by atoms with Crippen molar-refractivity contribution >= 4 is 23.0 Å². The molecule has 0 unspecified atom stereocenters. The fraction of sp³-hybridized carbons (Fsp3) is 0.357. The predicted molar refractivity (Wildman–Crippen MR) is 69.3 cm³/mol. The highest BCUT2D eigenvalue weighted by atomic mass is 16.1. The van der Waals surface area contributed by atoms with E-state index in [1.165, 1.54) is 23.0 Å². The number of carbonyl (C=O) groups is 1. The number of fused-ring (bicyclic) bond motifs is 3. The molecular weight excluding hydrogens is 212 g/mol. The minimum absolute atomic E-state index is 0.261. The molecule has 2 aromatic rings. The van der Waals surface area contributed by atoms with Crippen LogP contribution in [0.25, 0.3) is 10.9 Å². The van der Waals surface area contributed by atoms with Crippen LogP contribution in [0.15, 0.2) is 24.3 Å². The van der Waals surface area contributed by atoms with Crippen LogP contribution in [0.5, 0.6) is 0 Å². The number of hydrogen-bond donors (Lipinski definition) is 1. The number of rotatable bonds is 2. The fourth-order valence-electron chi connectivity index (χ4n) is 2.75. The molecule has 1 amide bonds. The van der Waals surface area contributed by atoms with Gasteiger partial charge in [-0.3, -0.25) is 4.79 Å². The molecule has 1 aromatic heterocycles. The number of carbonyl (C=O) groups excluding carboxylic acids is 1. The SMILES string of the molecule is CC1(C)CCn2c1cc1cc(NC=O)ccc12. The molecule has 3 heteroatoms. The molecule has 0 saturated carbocycles. The van der Waals surface area contributed by atoms with Crippen molar-refractivity contribution < 1.29 is 4.79 Å². The van der Waals surface area contributed by atoms with E-state index in [1.54, 1.807) is 0 Å². The topological polar surface area (TPSA) is 34.0 Å². The second-order valence-corrected chi connectivity index (χ2v) is 5.35. The van der Waals surface area contributed by atoms with Crippen molar-refractivity contribution in [3.63, 3.8) is 0 Å². The van der Waals surface area contributed by atoms with Crippen LogP contribution in [0.2, 0.25) is 0 Å². The average molecular weight is 228 g/mol. The smallest absolute Gasteiger partial charge is 0.211 e. The van der Waals surface area contributed by atoms with E-state index in [-0.39, 0.29) is 5.41 Å². The molecule has 0 saturated heterocycles. The number of aromatic nitrogens is 1. The number of nitrogens with one attached hydrogen (secondary N) is 1. The third-order valence-electron chi connectivity index (χ3n) is 3.78. The molecule has 1 N–H and O–H groups in total. The van der Waals surface area contributed by atoms with Crippen LogP contribution in [0.4, 0.5) is 5.69 Å². The first-order valence-electron chi connectivity index (χ1n) is 5.96. The molecule has 1 aliphatic heterocycles. The molecule has 17 heavy (non-hydrogen) atoms. The van der Waals surface area contributed by atoms with Gasteiger partial charge >= 0.3 is 0 Å². The lowest BCUT2D eigenvalue weighted by atomic mass is 9.88. The first kappa shape index (κ1) is 10.4. The molecule has 3 rings (SSSR count). The minimum Gasteiger partial charge on any atom is -0.344 e. The van der Waals surface area contributed by atoms with Crippen molar-refractivity contribution in [1.29, 1.82) is 0 Å². The standard InChI is InChI=1S/C14H16N2O/c1-14(2)5-6-16-12-4-3-11(15-9-17)7-10(12)8-13(14)16/h3-4,7-9H,5-6H2,1-2H3,(H,15,17). The van der Waals surface area contributed by atoms with E-state index in [2.05, 4.69) is 35.9 Å². The Hall–Kier alpha value is -1.77. The summed E-state index contributed by atoms with van der Waals surface area (Å²) in [5, 5.41) is 3.90. The van der Waals surface area contributed by atoms with Gasteiger partial charge in [-0.2, -0.15) is 0 Å². The molecule has 0 bridgehead atoms. The average Bonchev–Trinajstić information content (AvgIpc) is 2.78. The van der Waals surface area contributed by atoms with Gasteiger partial charge in [0.1, 0.15) is 0 Å². The van der Waals surface area contributed by atoms with Crippen LogP contribution < -0.4 is 5.32 Å². The highest BCUT2D eigenvalue weighted by Gasteiger charge is 2.31. The van der Waals surface area contributed by atoms with E-state index in [9.17, 15) is 4.79 Å². The Morgan fingerprint density at radius 2 is 2.18 bits per heavy atom. The molecule has 88 valence electrons. The van der Waals surface area contributed by atoms with Crippen molar-refractivity contribution in [2.75, 3.05) is 5.32 Å². The summed E-state index contributed by atoms with van der Waals surface area (Å²) < 4.78 is 2.39. The normalized spacial score (nSPS) is 17.1. The lowest BCUT2D eigenvalue weighted by molar-refractivity contribution is -0.105. The summed E-state index contributed by atoms with van der Waals surface area (Å²) >= 11 is 0. The van der Waals surface area contributed by atoms with Gasteiger partial charge in [0.15, 0.2) is 0 Å². The quantitative estimate of drug-likeness (QED) is 0.788. The van der Waals surface area contributed by atoms with Gasteiger partial charge in [0.2, 0.25) is 6.41 Å². The Kier molecular flexibility index (Phi) is 2.05. The molecule has 0 atom stereocenters. The summed E-state index contributed by atoms with van der Waals surface area (Å²) in [5.41, 5.74) is 3.78. The van der Waals surface area contributed by atoms with Crippen molar-refractivity contribution in [3.8, 4) is 0 Å². The van der Waals surface area contributed by atoms with Crippen LogP contribution in [0.1, 0.15) is 26.0 Å². The first-order chi connectivity index (χ1) is 8.12.